The van der Waals surface area contributed by atoms with E-state index in [0.717, 1.165) is 13.1 Å². The zero-order valence-electron chi connectivity index (χ0n) is 8.34. The SMILES string of the molecule is COC(=O)CCNC(=O)CC1CNC1. The summed E-state index contributed by atoms with van der Waals surface area (Å²) < 4.78 is 4.45. The zero-order valence-corrected chi connectivity index (χ0v) is 8.34. The average molecular weight is 200 g/mol. The van der Waals surface area contributed by atoms with Crippen molar-refractivity contribution in [2.24, 2.45) is 5.92 Å². The number of rotatable bonds is 5. The lowest BCUT2D eigenvalue weighted by atomic mass is 9.99. The molecule has 2 N–H and O–H groups in total. The Bertz CT molecular complexity index is 214. The molecule has 0 saturated carbocycles. The van der Waals surface area contributed by atoms with Gasteiger partial charge in [0.25, 0.3) is 0 Å². The summed E-state index contributed by atoms with van der Waals surface area (Å²) in [6.45, 7) is 2.21. The molecule has 0 aromatic heterocycles. The summed E-state index contributed by atoms with van der Waals surface area (Å²) in [5.74, 6) is 0.184. The number of nitrogens with one attached hydrogen (secondary N) is 2. The van der Waals surface area contributed by atoms with E-state index in [2.05, 4.69) is 15.4 Å². The van der Waals surface area contributed by atoms with Crippen LogP contribution in [0.5, 0.6) is 0 Å². The highest BCUT2D eigenvalue weighted by molar-refractivity contribution is 5.77. The third-order valence-corrected chi connectivity index (χ3v) is 2.22. The van der Waals surface area contributed by atoms with Crippen molar-refractivity contribution in [1.82, 2.24) is 10.6 Å². The number of esters is 1. The number of hydrogen-bond acceptors (Lipinski definition) is 4. The second kappa shape index (κ2) is 5.59. The van der Waals surface area contributed by atoms with Gasteiger partial charge >= 0.3 is 5.97 Å². The van der Waals surface area contributed by atoms with E-state index < -0.39 is 0 Å². The van der Waals surface area contributed by atoms with E-state index in [1.807, 2.05) is 0 Å². The van der Waals surface area contributed by atoms with Gasteiger partial charge in [0.15, 0.2) is 0 Å². The second-order valence-electron chi connectivity index (χ2n) is 3.40. The van der Waals surface area contributed by atoms with E-state index in [4.69, 9.17) is 0 Å². The van der Waals surface area contributed by atoms with Gasteiger partial charge in [0.05, 0.1) is 13.5 Å². The Balaban J connectivity index is 1.99. The van der Waals surface area contributed by atoms with Gasteiger partial charge in [-0.15, -0.1) is 0 Å². The van der Waals surface area contributed by atoms with E-state index in [1.165, 1.54) is 7.11 Å². The van der Waals surface area contributed by atoms with Gasteiger partial charge in [0, 0.05) is 13.0 Å². The Morgan fingerprint density at radius 1 is 1.50 bits per heavy atom. The fourth-order valence-electron chi connectivity index (χ4n) is 1.23. The molecule has 80 valence electrons. The molecular weight excluding hydrogens is 184 g/mol. The molecule has 1 heterocycles. The summed E-state index contributed by atoms with van der Waals surface area (Å²) in [4.78, 5) is 21.9. The molecule has 0 bridgehead atoms. The lowest BCUT2D eigenvalue weighted by Crippen LogP contribution is -2.44. The molecule has 1 fully saturated rings. The summed E-state index contributed by atoms with van der Waals surface area (Å²) in [6.07, 6.45) is 0.791. The van der Waals surface area contributed by atoms with Crippen molar-refractivity contribution in [2.75, 3.05) is 26.7 Å². The average Bonchev–Trinajstić information content (AvgIpc) is 2.11. The Labute approximate surface area is 83.2 Å². The molecular formula is C9H16N2O3. The smallest absolute Gasteiger partial charge is 0.307 e. The lowest BCUT2D eigenvalue weighted by Gasteiger charge is -2.26. The molecule has 14 heavy (non-hydrogen) atoms. The van der Waals surface area contributed by atoms with Crippen LogP contribution < -0.4 is 10.6 Å². The predicted molar refractivity (Wildman–Crippen MR) is 50.6 cm³/mol. The number of carbonyl (C=O) groups excluding carboxylic acids is 2. The molecule has 1 aliphatic rings. The van der Waals surface area contributed by atoms with Crippen LogP contribution in [0.2, 0.25) is 0 Å². The summed E-state index contributed by atoms with van der Waals surface area (Å²) in [7, 11) is 1.34. The third kappa shape index (κ3) is 3.74. The van der Waals surface area contributed by atoms with Crippen molar-refractivity contribution >= 4 is 11.9 Å². The number of ether oxygens (including phenoxy) is 1. The van der Waals surface area contributed by atoms with Crippen molar-refractivity contribution in [2.45, 2.75) is 12.8 Å². The van der Waals surface area contributed by atoms with Gasteiger partial charge in [-0.1, -0.05) is 0 Å². The Morgan fingerprint density at radius 2 is 2.21 bits per heavy atom. The number of carbonyl (C=O) groups is 2. The summed E-state index contributed by atoms with van der Waals surface area (Å²) in [5, 5.41) is 5.78. The highest BCUT2D eigenvalue weighted by Gasteiger charge is 2.19. The molecule has 1 saturated heterocycles. The quantitative estimate of drug-likeness (QED) is 0.574. The monoisotopic (exact) mass is 200 g/mol. The van der Waals surface area contributed by atoms with E-state index >= 15 is 0 Å². The molecule has 0 aromatic rings. The maximum absolute atomic E-state index is 11.2. The van der Waals surface area contributed by atoms with Crippen molar-refractivity contribution in [3.05, 3.63) is 0 Å². The molecule has 0 unspecified atom stereocenters. The van der Waals surface area contributed by atoms with Crippen molar-refractivity contribution < 1.29 is 14.3 Å². The van der Waals surface area contributed by atoms with Gasteiger partial charge in [0.2, 0.25) is 5.91 Å². The summed E-state index contributed by atoms with van der Waals surface area (Å²) >= 11 is 0. The fourth-order valence-corrected chi connectivity index (χ4v) is 1.23. The van der Waals surface area contributed by atoms with Crippen LogP contribution in [0.25, 0.3) is 0 Å². The highest BCUT2D eigenvalue weighted by atomic mass is 16.5. The molecule has 0 atom stereocenters. The Hall–Kier alpha value is -1.10. The van der Waals surface area contributed by atoms with Crippen molar-refractivity contribution in [3.63, 3.8) is 0 Å². The normalized spacial score (nSPS) is 15.8. The van der Waals surface area contributed by atoms with Crippen molar-refractivity contribution in [1.29, 1.82) is 0 Å². The van der Waals surface area contributed by atoms with Crippen LogP contribution in [0.3, 0.4) is 0 Å². The van der Waals surface area contributed by atoms with Crippen molar-refractivity contribution in [3.8, 4) is 0 Å². The van der Waals surface area contributed by atoms with Gasteiger partial charge in [-0.05, 0) is 19.0 Å². The first-order valence-electron chi connectivity index (χ1n) is 4.76. The topological polar surface area (TPSA) is 67.4 Å². The standard InChI is InChI=1S/C9H16N2O3/c1-14-9(13)2-3-11-8(12)4-7-5-10-6-7/h7,10H,2-6H2,1H3,(H,11,12). The number of hydrogen-bond donors (Lipinski definition) is 2. The second-order valence-corrected chi connectivity index (χ2v) is 3.40. The molecule has 0 aromatic carbocycles. The fraction of sp³-hybridized carbons (Fsp3) is 0.778. The van der Waals surface area contributed by atoms with E-state index in [1.54, 1.807) is 0 Å². The third-order valence-electron chi connectivity index (χ3n) is 2.22. The Morgan fingerprint density at radius 3 is 2.71 bits per heavy atom. The van der Waals surface area contributed by atoms with Gasteiger partial charge < -0.3 is 15.4 Å². The maximum atomic E-state index is 11.2. The molecule has 0 aliphatic carbocycles. The van der Waals surface area contributed by atoms with Crippen LogP contribution in [-0.4, -0.2) is 38.6 Å². The largest absolute Gasteiger partial charge is 0.469 e. The van der Waals surface area contributed by atoms with E-state index in [0.29, 0.717) is 18.9 Å². The molecule has 5 nitrogen and oxygen atoms in total. The van der Waals surface area contributed by atoms with Crippen LogP contribution in [0.15, 0.2) is 0 Å². The first kappa shape index (κ1) is 11.0. The van der Waals surface area contributed by atoms with Gasteiger partial charge in [-0.2, -0.15) is 0 Å². The van der Waals surface area contributed by atoms with Crippen LogP contribution in [0, 0.1) is 5.92 Å². The molecule has 1 amide bonds. The van der Waals surface area contributed by atoms with E-state index in [9.17, 15) is 9.59 Å². The predicted octanol–water partition coefficient (Wildman–Crippen LogP) is -0.725. The minimum absolute atomic E-state index is 0.0143. The minimum Gasteiger partial charge on any atom is -0.469 e. The van der Waals surface area contributed by atoms with Crippen LogP contribution in [0.4, 0.5) is 0 Å². The summed E-state index contributed by atoms with van der Waals surface area (Å²) in [6, 6.07) is 0. The summed E-state index contributed by atoms with van der Waals surface area (Å²) in [5.41, 5.74) is 0. The zero-order chi connectivity index (χ0) is 10.4. The highest BCUT2D eigenvalue weighted by Crippen LogP contribution is 2.07. The minimum atomic E-state index is -0.296. The van der Waals surface area contributed by atoms with E-state index in [-0.39, 0.29) is 18.3 Å². The maximum Gasteiger partial charge on any atom is 0.307 e. The lowest BCUT2D eigenvalue weighted by molar-refractivity contribution is -0.140. The molecule has 5 heteroatoms. The molecule has 1 rings (SSSR count). The molecule has 0 radical (unpaired) electrons. The van der Waals surface area contributed by atoms with Gasteiger partial charge in [-0.3, -0.25) is 9.59 Å². The molecule has 0 spiro atoms. The van der Waals surface area contributed by atoms with Crippen LogP contribution >= 0.6 is 0 Å². The molecule has 1 aliphatic heterocycles. The number of methoxy groups -OCH3 is 1. The number of amides is 1. The van der Waals surface area contributed by atoms with Crippen LogP contribution in [0.1, 0.15) is 12.8 Å². The Kier molecular flexibility index (Phi) is 4.39. The first-order valence-corrected chi connectivity index (χ1v) is 4.76. The van der Waals surface area contributed by atoms with Gasteiger partial charge in [0.1, 0.15) is 0 Å². The van der Waals surface area contributed by atoms with Crippen LogP contribution in [-0.2, 0) is 14.3 Å². The first-order chi connectivity index (χ1) is 6.72. The van der Waals surface area contributed by atoms with Gasteiger partial charge in [-0.25, -0.2) is 0 Å².